The Morgan fingerprint density at radius 3 is 2.53 bits per heavy atom. The third-order valence-corrected chi connectivity index (χ3v) is 10.5. The van der Waals surface area contributed by atoms with Crippen LogP contribution in [0.4, 0.5) is 0 Å². The van der Waals surface area contributed by atoms with Crippen LogP contribution in [0.15, 0.2) is 0 Å². The molecule has 0 spiro atoms. The number of methoxy groups -OCH3 is 1. The van der Waals surface area contributed by atoms with Gasteiger partial charge in [-0.2, -0.15) is 0 Å². The Balaban J connectivity index is 2.03. The van der Waals surface area contributed by atoms with Gasteiger partial charge in [-0.1, -0.05) is 20.8 Å². The van der Waals surface area contributed by atoms with Crippen LogP contribution in [0, 0.1) is 16.7 Å². The van der Waals surface area contributed by atoms with E-state index in [1.165, 1.54) is 12.8 Å². The molecule has 1 heterocycles. The largest absolute Gasteiger partial charge is 0.375 e. The molecule has 1 saturated heterocycles. The molecule has 3 fully saturated rings. The molecular formula is C15H26O2S2. The van der Waals surface area contributed by atoms with Crippen molar-refractivity contribution in [1.29, 1.82) is 0 Å². The first kappa shape index (κ1) is 14.4. The molecule has 4 heteroatoms. The molecule has 0 unspecified atom stereocenters. The van der Waals surface area contributed by atoms with Gasteiger partial charge in [0.1, 0.15) is 4.58 Å². The van der Waals surface area contributed by atoms with E-state index in [0.717, 1.165) is 30.3 Å². The highest BCUT2D eigenvalue weighted by Crippen LogP contribution is 2.72. The molecule has 0 N–H and O–H groups in total. The minimum Gasteiger partial charge on any atom is -0.375 e. The fraction of sp³-hybridized carbons (Fsp3) is 1.00. The van der Waals surface area contributed by atoms with Gasteiger partial charge in [0.05, 0.1) is 5.60 Å². The normalized spacial score (nSPS) is 52.5. The second-order valence-electron chi connectivity index (χ2n) is 7.23. The predicted octanol–water partition coefficient (Wildman–Crippen LogP) is 3.43. The van der Waals surface area contributed by atoms with Crippen molar-refractivity contribution in [2.24, 2.45) is 16.7 Å². The molecule has 0 amide bonds. The van der Waals surface area contributed by atoms with Crippen molar-refractivity contribution < 1.29 is 8.95 Å². The summed E-state index contributed by atoms with van der Waals surface area (Å²) in [6.45, 7) is 7.21. The van der Waals surface area contributed by atoms with Crippen LogP contribution >= 0.6 is 11.8 Å². The minimum atomic E-state index is -0.730. The predicted molar refractivity (Wildman–Crippen MR) is 82.8 cm³/mol. The Bertz CT molecular complexity index is 409. The summed E-state index contributed by atoms with van der Waals surface area (Å²) in [6.07, 6.45) is 4.75. The van der Waals surface area contributed by atoms with Crippen LogP contribution in [0.25, 0.3) is 0 Å². The van der Waals surface area contributed by atoms with Crippen LogP contribution in [0.2, 0.25) is 0 Å². The van der Waals surface area contributed by atoms with Gasteiger partial charge in [-0.25, -0.2) is 0 Å². The van der Waals surface area contributed by atoms with Gasteiger partial charge in [-0.15, -0.1) is 11.8 Å². The van der Waals surface area contributed by atoms with E-state index in [0.29, 0.717) is 5.41 Å². The lowest BCUT2D eigenvalue weighted by Crippen LogP contribution is -2.57. The number of fused-ring (bicyclic) bond motifs is 2. The van der Waals surface area contributed by atoms with Crippen molar-refractivity contribution in [2.75, 3.05) is 18.6 Å². The maximum Gasteiger partial charge on any atom is 0.110 e. The van der Waals surface area contributed by atoms with E-state index in [9.17, 15) is 4.21 Å². The molecule has 3 rings (SSSR count). The monoisotopic (exact) mass is 302 g/mol. The first-order valence-electron chi connectivity index (χ1n) is 7.43. The second kappa shape index (κ2) is 4.48. The maximum absolute atomic E-state index is 12.6. The zero-order valence-electron chi connectivity index (χ0n) is 12.5. The van der Waals surface area contributed by atoms with E-state index >= 15 is 0 Å². The van der Waals surface area contributed by atoms with Crippen LogP contribution < -0.4 is 0 Å². The Morgan fingerprint density at radius 2 is 2.05 bits per heavy atom. The topological polar surface area (TPSA) is 26.3 Å². The van der Waals surface area contributed by atoms with Gasteiger partial charge >= 0.3 is 0 Å². The van der Waals surface area contributed by atoms with Gasteiger partial charge in [0, 0.05) is 29.1 Å². The average Bonchev–Trinajstić information content (AvgIpc) is 2.70. The highest BCUT2D eigenvalue weighted by molar-refractivity contribution is 8.12. The molecule has 0 aromatic heterocycles. The van der Waals surface area contributed by atoms with Gasteiger partial charge < -0.3 is 4.74 Å². The molecule has 2 saturated carbocycles. The summed E-state index contributed by atoms with van der Waals surface area (Å²) in [7, 11) is 1.13. The Kier molecular flexibility index (Phi) is 3.39. The smallest absolute Gasteiger partial charge is 0.110 e. The lowest BCUT2D eigenvalue weighted by atomic mass is 9.65. The summed E-state index contributed by atoms with van der Waals surface area (Å²) < 4.78 is 18.9. The van der Waals surface area contributed by atoms with Crippen molar-refractivity contribution >= 4 is 22.6 Å². The molecule has 0 aromatic rings. The van der Waals surface area contributed by atoms with Crippen LogP contribution in [-0.2, 0) is 15.5 Å². The van der Waals surface area contributed by atoms with Crippen molar-refractivity contribution in [3.63, 3.8) is 0 Å². The maximum atomic E-state index is 12.6. The molecular weight excluding hydrogens is 276 g/mol. The highest BCUT2D eigenvalue weighted by Gasteiger charge is 2.72. The molecule has 3 aliphatic rings. The highest BCUT2D eigenvalue weighted by atomic mass is 32.2. The molecule has 0 radical (unpaired) electrons. The Labute approximate surface area is 123 Å². The Hall–Kier alpha value is 0.460. The molecule has 110 valence electrons. The zero-order chi connectivity index (χ0) is 13.9. The quantitative estimate of drug-likeness (QED) is 0.782. The van der Waals surface area contributed by atoms with Gasteiger partial charge in [0.15, 0.2) is 0 Å². The molecule has 19 heavy (non-hydrogen) atoms. The Morgan fingerprint density at radius 1 is 1.32 bits per heavy atom. The van der Waals surface area contributed by atoms with Crippen LogP contribution in [0.1, 0.15) is 46.5 Å². The second-order valence-corrected chi connectivity index (χ2v) is 10.4. The number of rotatable bonds is 2. The molecule has 5 atom stereocenters. The SMILES string of the molecule is CO[C@]1([C@@H]2SCCC[S@]2=O)C[C@H]2CC[C@]1(C)C2(C)C. The van der Waals surface area contributed by atoms with Crippen LogP contribution in [-0.4, -0.2) is 33.0 Å². The molecule has 0 aromatic carbocycles. The van der Waals surface area contributed by atoms with E-state index in [1.54, 1.807) is 0 Å². The van der Waals surface area contributed by atoms with E-state index in [4.69, 9.17) is 4.74 Å². The van der Waals surface area contributed by atoms with Crippen LogP contribution in [0.3, 0.4) is 0 Å². The lowest BCUT2D eigenvalue weighted by Gasteiger charge is -2.51. The van der Waals surface area contributed by atoms with Gasteiger partial charge in [-0.3, -0.25) is 4.21 Å². The van der Waals surface area contributed by atoms with E-state index in [2.05, 4.69) is 20.8 Å². The van der Waals surface area contributed by atoms with Crippen molar-refractivity contribution in [3.05, 3.63) is 0 Å². The summed E-state index contributed by atoms with van der Waals surface area (Å²) in [4.78, 5) is 0. The third-order valence-electron chi connectivity index (χ3n) is 6.66. The van der Waals surface area contributed by atoms with Gasteiger partial charge in [0.2, 0.25) is 0 Å². The number of hydrogen-bond donors (Lipinski definition) is 0. The van der Waals surface area contributed by atoms with E-state index in [-0.39, 0.29) is 15.6 Å². The van der Waals surface area contributed by atoms with E-state index in [1.807, 2.05) is 18.9 Å². The number of hydrogen-bond acceptors (Lipinski definition) is 3. The van der Waals surface area contributed by atoms with Crippen molar-refractivity contribution in [1.82, 2.24) is 0 Å². The molecule has 2 bridgehead atoms. The van der Waals surface area contributed by atoms with Crippen molar-refractivity contribution in [3.8, 4) is 0 Å². The third kappa shape index (κ3) is 1.63. The molecule has 1 aliphatic heterocycles. The summed E-state index contributed by atoms with van der Waals surface area (Å²) in [5, 5.41) is 0. The van der Waals surface area contributed by atoms with Crippen molar-refractivity contribution in [2.45, 2.75) is 56.6 Å². The fourth-order valence-electron chi connectivity index (χ4n) is 4.98. The van der Waals surface area contributed by atoms with Gasteiger partial charge in [0.25, 0.3) is 0 Å². The minimum absolute atomic E-state index is 0.171. The standard InChI is InChI=1S/C15H26O2S2/c1-13(2)11-6-7-14(13,3)15(10-11,17-4)12-18-8-5-9-19(12)16/h11-12H,5-10H2,1-4H3/t11-,12-,14-,15+,19-/m1/s1. The molecule has 2 aliphatic carbocycles. The average molecular weight is 303 g/mol. The van der Waals surface area contributed by atoms with Crippen LogP contribution in [0.5, 0.6) is 0 Å². The fourth-order valence-corrected chi connectivity index (χ4v) is 9.12. The lowest BCUT2D eigenvalue weighted by molar-refractivity contribution is -0.106. The zero-order valence-corrected chi connectivity index (χ0v) is 14.2. The first-order valence-corrected chi connectivity index (χ1v) is 9.86. The summed E-state index contributed by atoms with van der Waals surface area (Å²) in [6, 6.07) is 0. The number of thioether (sulfide) groups is 1. The summed E-state index contributed by atoms with van der Waals surface area (Å²) in [5.74, 6) is 2.74. The van der Waals surface area contributed by atoms with Gasteiger partial charge in [-0.05, 0) is 42.8 Å². The molecule has 2 nitrogen and oxygen atoms in total. The first-order chi connectivity index (χ1) is 8.89. The summed E-state index contributed by atoms with van der Waals surface area (Å²) >= 11 is 1.91. The summed E-state index contributed by atoms with van der Waals surface area (Å²) in [5.41, 5.74) is 0.310. The number of ether oxygens (including phenoxy) is 1. The van der Waals surface area contributed by atoms with E-state index < -0.39 is 10.8 Å².